The highest BCUT2D eigenvalue weighted by Crippen LogP contribution is 2.37. The van der Waals surface area contributed by atoms with Gasteiger partial charge in [0.1, 0.15) is 11.1 Å². The second-order valence-corrected chi connectivity index (χ2v) is 8.99. The van der Waals surface area contributed by atoms with Gasteiger partial charge >= 0.3 is 0 Å². The Kier molecular flexibility index (Phi) is 10.2. The summed E-state index contributed by atoms with van der Waals surface area (Å²) in [4.78, 5) is 28.4. The molecule has 2 aliphatic rings. The summed E-state index contributed by atoms with van der Waals surface area (Å²) in [7, 11) is 0. The third-order valence-electron chi connectivity index (χ3n) is 5.69. The molecule has 1 saturated heterocycles. The van der Waals surface area contributed by atoms with Crippen LogP contribution in [0.15, 0.2) is 30.6 Å². The molecule has 1 atom stereocenters. The van der Waals surface area contributed by atoms with Gasteiger partial charge in [-0.3, -0.25) is 19.5 Å². The van der Waals surface area contributed by atoms with E-state index in [4.69, 9.17) is 14.6 Å². The molecule has 10 heteroatoms. The van der Waals surface area contributed by atoms with Gasteiger partial charge < -0.3 is 20.5 Å². The Hall–Kier alpha value is -3.10. The predicted molar refractivity (Wildman–Crippen MR) is 131 cm³/mol. The summed E-state index contributed by atoms with van der Waals surface area (Å²) in [5.41, 5.74) is 2.58. The summed E-state index contributed by atoms with van der Waals surface area (Å²) in [5.74, 6) is -0.237. The van der Waals surface area contributed by atoms with Crippen LogP contribution in [-0.2, 0) is 27.2 Å². The number of morpholine rings is 1. The molecule has 1 aliphatic carbocycles. The van der Waals surface area contributed by atoms with Crippen LogP contribution in [0.4, 0.5) is 5.00 Å². The molecular weight excluding hydrogens is 454 g/mol. The SMILES string of the molecule is N#Cc1c(NC(=O)/C=C/c2cccnc2)sc2c1CCC(NCCN1CCOCC1)C2.O=CO. The molecule has 0 aromatic carbocycles. The van der Waals surface area contributed by atoms with Crippen LogP contribution in [-0.4, -0.2) is 72.8 Å². The number of hydrogen-bond donors (Lipinski definition) is 3. The molecular formula is C24H29N5O4S. The number of nitrogens with zero attached hydrogens (tertiary/aromatic N) is 3. The molecule has 9 nitrogen and oxygen atoms in total. The maximum Gasteiger partial charge on any atom is 0.290 e. The zero-order chi connectivity index (χ0) is 24.2. The fraction of sp³-hybridized carbons (Fsp3) is 0.417. The Morgan fingerprint density at radius 2 is 2.21 bits per heavy atom. The number of anilines is 1. The van der Waals surface area contributed by atoms with E-state index < -0.39 is 0 Å². The number of aromatic nitrogens is 1. The molecule has 1 unspecified atom stereocenters. The first-order valence-electron chi connectivity index (χ1n) is 11.2. The third kappa shape index (κ3) is 7.46. The lowest BCUT2D eigenvalue weighted by Crippen LogP contribution is -2.43. The van der Waals surface area contributed by atoms with Crippen LogP contribution < -0.4 is 10.6 Å². The largest absolute Gasteiger partial charge is 0.483 e. The van der Waals surface area contributed by atoms with Gasteiger partial charge in [-0.25, -0.2) is 0 Å². The van der Waals surface area contributed by atoms with Crippen molar-refractivity contribution in [1.82, 2.24) is 15.2 Å². The quantitative estimate of drug-likeness (QED) is 0.404. The summed E-state index contributed by atoms with van der Waals surface area (Å²) < 4.78 is 5.40. The van der Waals surface area contributed by atoms with Crippen LogP contribution >= 0.6 is 11.3 Å². The Morgan fingerprint density at radius 1 is 1.41 bits per heavy atom. The maximum absolute atomic E-state index is 12.4. The van der Waals surface area contributed by atoms with Crippen LogP contribution in [0.5, 0.6) is 0 Å². The summed E-state index contributed by atoms with van der Waals surface area (Å²) in [6.07, 6.45) is 9.36. The van der Waals surface area contributed by atoms with Gasteiger partial charge in [0.05, 0.1) is 18.8 Å². The zero-order valence-electron chi connectivity index (χ0n) is 18.9. The molecule has 180 valence electrons. The number of carbonyl (C=O) groups excluding carboxylic acids is 1. The summed E-state index contributed by atoms with van der Waals surface area (Å²) in [6.45, 7) is 5.40. The molecule has 34 heavy (non-hydrogen) atoms. The highest BCUT2D eigenvalue weighted by Gasteiger charge is 2.26. The molecule has 0 saturated carbocycles. The van der Waals surface area contributed by atoms with Crippen LogP contribution in [0.3, 0.4) is 0 Å². The van der Waals surface area contributed by atoms with Gasteiger partial charge in [0, 0.05) is 55.6 Å². The monoisotopic (exact) mass is 483 g/mol. The smallest absolute Gasteiger partial charge is 0.290 e. The molecule has 0 radical (unpaired) electrons. The standard InChI is InChI=1S/C23H27N5O2S.CH2O2/c24-15-20-19-5-4-18(26-8-9-28-10-12-30-13-11-28)14-21(19)31-23(20)27-22(29)6-3-17-2-1-7-25-16-17;2-1-3/h1-3,6-7,16,18,26H,4-5,8-14H2,(H,27,29);1H,(H,2,3)/b6-3+;. The Morgan fingerprint density at radius 3 is 2.91 bits per heavy atom. The van der Waals surface area contributed by atoms with Crippen molar-refractivity contribution in [3.05, 3.63) is 52.2 Å². The van der Waals surface area contributed by atoms with Crippen LogP contribution in [0.2, 0.25) is 0 Å². The van der Waals surface area contributed by atoms with E-state index in [0.717, 1.165) is 69.8 Å². The van der Waals surface area contributed by atoms with Crippen molar-refractivity contribution in [2.75, 3.05) is 44.7 Å². The number of pyridine rings is 1. The molecule has 1 fully saturated rings. The minimum atomic E-state index is -0.250. The van der Waals surface area contributed by atoms with E-state index in [2.05, 4.69) is 26.6 Å². The number of fused-ring (bicyclic) bond motifs is 1. The highest BCUT2D eigenvalue weighted by atomic mass is 32.1. The number of ether oxygens (including phenoxy) is 1. The van der Waals surface area contributed by atoms with Crippen molar-refractivity contribution in [3.63, 3.8) is 0 Å². The van der Waals surface area contributed by atoms with Crippen LogP contribution in [0, 0.1) is 11.3 Å². The average molecular weight is 484 g/mol. The second kappa shape index (κ2) is 13.6. The second-order valence-electron chi connectivity index (χ2n) is 7.88. The lowest BCUT2D eigenvalue weighted by molar-refractivity contribution is -0.122. The van der Waals surface area contributed by atoms with Crippen molar-refractivity contribution < 1.29 is 19.4 Å². The average Bonchev–Trinajstić information content (AvgIpc) is 3.20. The molecule has 0 spiro atoms. The minimum absolute atomic E-state index is 0.237. The van der Waals surface area contributed by atoms with Gasteiger partial charge in [0.2, 0.25) is 5.91 Å². The molecule has 1 amide bonds. The number of thiophene rings is 1. The number of carboxylic acid groups (broad SMARTS) is 1. The molecule has 2 aromatic rings. The van der Waals surface area contributed by atoms with Gasteiger partial charge in [-0.15, -0.1) is 11.3 Å². The van der Waals surface area contributed by atoms with E-state index in [9.17, 15) is 10.1 Å². The highest BCUT2D eigenvalue weighted by molar-refractivity contribution is 7.16. The number of amides is 1. The summed E-state index contributed by atoms with van der Waals surface area (Å²) in [5, 5.41) is 23.8. The molecule has 3 heterocycles. The van der Waals surface area contributed by atoms with Crippen molar-refractivity contribution in [2.24, 2.45) is 0 Å². The van der Waals surface area contributed by atoms with E-state index >= 15 is 0 Å². The molecule has 3 N–H and O–H groups in total. The van der Waals surface area contributed by atoms with Crippen molar-refractivity contribution in [2.45, 2.75) is 25.3 Å². The Balaban J connectivity index is 0.00000103. The van der Waals surface area contributed by atoms with E-state index in [1.807, 2.05) is 12.1 Å². The van der Waals surface area contributed by atoms with Crippen molar-refractivity contribution >= 4 is 34.8 Å². The predicted octanol–water partition coefficient (Wildman–Crippen LogP) is 2.15. The Labute approximate surface area is 203 Å². The van der Waals surface area contributed by atoms with E-state index in [0.29, 0.717) is 16.6 Å². The molecule has 0 bridgehead atoms. The maximum atomic E-state index is 12.4. The van der Waals surface area contributed by atoms with Gasteiger partial charge in [-0.1, -0.05) is 6.07 Å². The first kappa shape index (κ1) is 25.5. The summed E-state index contributed by atoms with van der Waals surface area (Å²) >= 11 is 1.53. The minimum Gasteiger partial charge on any atom is -0.483 e. The lowest BCUT2D eigenvalue weighted by Gasteiger charge is -2.28. The van der Waals surface area contributed by atoms with E-state index in [1.165, 1.54) is 22.3 Å². The lowest BCUT2D eigenvalue weighted by atomic mass is 9.92. The van der Waals surface area contributed by atoms with Gasteiger partial charge in [0.25, 0.3) is 6.47 Å². The Bertz CT molecular complexity index is 1010. The first-order chi connectivity index (χ1) is 16.6. The van der Waals surface area contributed by atoms with Gasteiger partial charge in [-0.05, 0) is 42.5 Å². The third-order valence-corrected chi connectivity index (χ3v) is 6.86. The van der Waals surface area contributed by atoms with Crippen molar-refractivity contribution in [3.8, 4) is 6.07 Å². The van der Waals surface area contributed by atoms with Gasteiger partial charge in [-0.2, -0.15) is 5.26 Å². The first-order valence-corrected chi connectivity index (χ1v) is 12.0. The van der Waals surface area contributed by atoms with Crippen LogP contribution in [0.25, 0.3) is 6.08 Å². The molecule has 4 rings (SSSR count). The number of nitrogens with one attached hydrogen (secondary N) is 2. The number of rotatable bonds is 7. The number of hydrogen-bond acceptors (Lipinski definition) is 8. The molecule has 1 aliphatic heterocycles. The summed E-state index contributed by atoms with van der Waals surface area (Å²) in [6, 6.07) is 6.42. The molecule has 2 aromatic heterocycles. The van der Waals surface area contributed by atoms with Gasteiger partial charge in [0.15, 0.2) is 0 Å². The van der Waals surface area contributed by atoms with E-state index in [-0.39, 0.29) is 12.4 Å². The fourth-order valence-corrected chi connectivity index (χ4v) is 5.30. The number of carbonyl (C=O) groups is 2. The van der Waals surface area contributed by atoms with Crippen LogP contribution in [0.1, 0.15) is 28.0 Å². The van der Waals surface area contributed by atoms with E-state index in [1.54, 1.807) is 18.5 Å². The zero-order valence-corrected chi connectivity index (χ0v) is 19.7. The fourth-order valence-electron chi connectivity index (χ4n) is 4.02. The topological polar surface area (TPSA) is 128 Å². The number of nitriles is 1. The van der Waals surface area contributed by atoms with Crippen molar-refractivity contribution in [1.29, 1.82) is 5.26 Å². The normalized spacial score (nSPS) is 17.8.